The van der Waals surface area contributed by atoms with Gasteiger partial charge in [-0.3, -0.25) is 4.79 Å². The van der Waals surface area contributed by atoms with Crippen LogP contribution in [0.4, 0.5) is 0 Å². The second kappa shape index (κ2) is 7.01. The third-order valence-electron chi connectivity index (χ3n) is 4.93. The number of benzene rings is 1. The van der Waals surface area contributed by atoms with Gasteiger partial charge in [-0.25, -0.2) is 4.98 Å². The molecule has 3 saturated heterocycles. The van der Waals surface area contributed by atoms with Crippen LogP contribution >= 0.6 is 11.3 Å². The number of piperidine rings is 3. The van der Waals surface area contributed by atoms with E-state index in [-0.39, 0.29) is 11.9 Å². The molecule has 0 radical (unpaired) electrons. The minimum absolute atomic E-state index is 0.112. The van der Waals surface area contributed by atoms with Crippen molar-refractivity contribution in [1.82, 2.24) is 15.2 Å². The number of fused-ring (bicyclic) bond motifs is 3. The zero-order chi connectivity index (χ0) is 17.2. The monoisotopic (exact) mass is 359 g/mol. The quantitative estimate of drug-likeness (QED) is 0.889. The van der Waals surface area contributed by atoms with E-state index in [9.17, 15) is 4.79 Å². The van der Waals surface area contributed by atoms with Crippen LogP contribution in [0.2, 0.25) is 0 Å². The van der Waals surface area contributed by atoms with E-state index in [1.54, 1.807) is 13.3 Å². The van der Waals surface area contributed by atoms with Gasteiger partial charge in [-0.15, -0.1) is 0 Å². The van der Waals surface area contributed by atoms with Crippen LogP contribution in [0.15, 0.2) is 30.5 Å². The molecule has 5 rings (SSSR count). The van der Waals surface area contributed by atoms with Gasteiger partial charge in [0.05, 0.1) is 13.3 Å². The minimum atomic E-state index is -0.112. The van der Waals surface area contributed by atoms with Crippen LogP contribution in [0.5, 0.6) is 16.6 Å². The van der Waals surface area contributed by atoms with E-state index in [0.717, 1.165) is 19.6 Å². The number of amides is 1. The molecule has 1 aromatic heterocycles. The van der Waals surface area contributed by atoms with Crippen LogP contribution in [0, 0.1) is 5.92 Å². The number of hydrogen-bond acceptors (Lipinski definition) is 6. The number of carbonyl (C=O) groups excluding carboxylic acids is 1. The summed E-state index contributed by atoms with van der Waals surface area (Å²) in [4.78, 5) is 19.2. The molecule has 7 heteroatoms. The minimum Gasteiger partial charge on any atom is -0.493 e. The van der Waals surface area contributed by atoms with Gasteiger partial charge < -0.3 is 19.7 Å². The number of rotatable bonds is 5. The third-order valence-corrected chi connectivity index (χ3v) is 5.81. The molecule has 4 heterocycles. The van der Waals surface area contributed by atoms with Crippen molar-refractivity contribution in [3.05, 3.63) is 35.5 Å². The van der Waals surface area contributed by atoms with E-state index in [1.165, 1.54) is 24.2 Å². The SMILES string of the molecule is COc1ccccc1Oc1cnc(C(=O)N[C@H]2CN3CCC2CC3)s1. The van der Waals surface area contributed by atoms with E-state index in [1.807, 2.05) is 24.3 Å². The van der Waals surface area contributed by atoms with Crippen LogP contribution in [0.3, 0.4) is 0 Å². The van der Waals surface area contributed by atoms with Gasteiger partial charge in [0.2, 0.25) is 5.06 Å². The summed E-state index contributed by atoms with van der Waals surface area (Å²) in [7, 11) is 1.60. The topological polar surface area (TPSA) is 63.7 Å². The molecule has 25 heavy (non-hydrogen) atoms. The summed E-state index contributed by atoms with van der Waals surface area (Å²) in [6.07, 6.45) is 3.93. The van der Waals surface area contributed by atoms with Crippen LogP contribution < -0.4 is 14.8 Å². The van der Waals surface area contributed by atoms with Gasteiger partial charge in [-0.1, -0.05) is 23.5 Å². The summed E-state index contributed by atoms with van der Waals surface area (Å²) in [6, 6.07) is 7.64. The highest BCUT2D eigenvalue weighted by Crippen LogP contribution is 2.34. The molecular weight excluding hydrogens is 338 g/mol. The molecular formula is C18H21N3O3S. The maximum atomic E-state index is 12.5. The first-order chi connectivity index (χ1) is 12.2. The lowest BCUT2D eigenvalue weighted by Gasteiger charge is -2.44. The van der Waals surface area contributed by atoms with Gasteiger partial charge in [0.25, 0.3) is 5.91 Å². The van der Waals surface area contributed by atoms with E-state index < -0.39 is 0 Å². The molecule has 0 aliphatic carbocycles. The molecule has 0 spiro atoms. The number of nitrogens with one attached hydrogen (secondary N) is 1. The standard InChI is InChI=1S/C18H21N3O3S/c1-23-14-4-2-3-5-15(14)24-16-10-19-18(25-16)17(22)20-13-11-21-8-6-12(13)7-9-21/h2-5,10,12-13H,6-9,11H2,1H3,(H,20,22)/t13-/m0/s1. The van der Waals surface area contributed by atoms with E-state index >= 15 is 0 Å². The van der Waals surface area contributed by atoms with E-state index in [2.05, 4.69) is 15.2 Å². The Labute approximate surface area is 150 Å². The molecule has 1 aromatic carbocycles. The Kier molecular flexibility index (Phi) is 4.59. The molecule has 1 atom stereocenters. The first kappa shape index (κ1) is 16.4. The van der Waals surface area contributed by atoms with Gasteiger partial charge >= 0.3 is 0 Å². The van der Waals surface area contributed by atoms with Gasteiger partial charge in [-0.05, 0) is 44.0 Å². The lowest BCUT2D eigenvalue weighted by atomic mass is 9.84. The van der Waals surface area contributed by atoms with Gasteiger partial charge in [-0.2, -0.15) is 0 Å². The molecule has 3 aliphatic rings. The van der Waals surface area contributed by atoms with Crippen LogP contribution in [0.25, 0.3) is 0 Å². The highest BCUT2D eigenvalue weighted by Gasteiger charge is 2.35. The molecule has 1 N–H and O–H groups in total. The Balaban J connectivity index is 1.41. The fourth-order valence-corrected chi connectivity index (χ4v) is 4.27. The third kappa shape index (κ3) is 3.48. The molecule has 2 aromatic rings. The molecule has 0 unspecified atom stereocenters. The Bertz CT molecular complexity index is 756. The van der Waals surface area contributed by atoms with Crippen LogP contribution in [-0.4, -0.2) is 48.6 Å². The molecule has 3 aliphatic heterocycles. The molecule has 0 saturated carbocycles. The normalized spacial score (nSPS) is 24.8. The highest BCUT2D eigenvalue weighted by atomic mass is 32.1. The van der Waals surface area contributed by atoms with Crippen molar-refractivity contribution in [2.75, 3.05) is 26.7 Å². The predicted molar refractivity (Wildman–Crippen MR) is 95.6 cm³/mol. The number of para-hydroxylation sites is 2. The summed E-state index contributed by atoms with van der Waals surface area (Å²) < 4.78 is 11.1. The summed E-state index contributed by atoms with van der Waals surface area (Å²) >= 11 is 1.25. The number of thiazole rings is 1. The molecule has 3 fully saturated rings. The number of nitrogens with zero attached hydrogens (tertiary/aromatic N) is 2. The maximum Gasteiger partial charge on any atom is 0.280 e. The number of hydrogen-bond donors (Lipinski definition) is 1. The molecule has 1 amide bonds. The molecule has 132 valence electrons. The van der Waals surface area contributed by atoms with E-state index in [4.69, 9.17) is 9.47 Å². The number of ether oxygens (including phenoxy) is 2. The van der Waals surface area contributed by atoms with Crippen molar-refractivity contribution in [3.8, 4) is 16.6 Å². The summed E-state index contributed by atoms with van der Waals surface area (Å²) in [5.41, 5.74) is 0. The Hall–Kier alpha value is -2.12. The molecule has 2 bridgehead atoms. The number of methoxy groups -OCH3 is 1. The van der Waals surface area contributed by atoms with Gasteiger partial charge in [0.15, 0.2) is 16.5 Å². The average Bonchev–Trinajstić information content (AvgIpc) is 3.12. The van der Waals surface area contributed by atoms with Crippen molar-refractivity contribution in [2.24, 2.45) is 5.92 Å². The first-order valence-electron chi connectivity index (χ1n) is 8.53. The van der Waals surface area contributed by atoms with Crippen LogP contribution in [-0.2, 0) is 0 Å². The fourth-order valence-electron chi connectivity index (χ4n) is 3.58. The highest BCUT2D eigenvalue weighted by molar-refractivity contribution is 7.15. The van der Waals surface area contributed by atoms with Gasteiger partial charge in [0, 0.05) is 12.6 Å². The smallest absolute Gasteiger partial charge is 0.280 e. The molecule has 6 nitrogen and oxygen atoms in total. The van der Waals surface area contributed by atoms with E-state index in [0.29, 0.717) is 27.5 Å². The summed E-state index contributed by atoms with van der Waals surface area (Å²) in [6.45, 7) is 3.27. The largest absolute Gasteiger partial charge is 0.493 e. The maximum absolute atomic E-state index is 12.5. The zero-order valence-corrected chi connectivity index (χ0v) is 14.9. The summed E-state index contributed by atoms with van der Waals surface area (Å²) in [5, 5.41) is 4.16. The average molecular weight is 359 g/mol. The fraction of sp³-hybridized carbons (Fsp3) is 0.444. The van der Waals surface area contributed by atoms with Crippen molar-refractivity contribution in [3.63, 3.8) is 0 Å². The Morgan fingerprint density at radius 2 is 2.04 bits per heavy atom. The second-order valence-electron chi connectivity index (χ2n) is 6.46. The van der Waals surface area contributed by atoms with Crippen molar-refractivity contribution in [2.45, 2.75) is 18.9 Å². The zero-order valence-electron chi connectivity index (χ0n) is 14.1. The van der Waals surface area contributed by atoms with Gasteiger partial charge in [0.1, 0.15) is 0 Å². The Morgan fingerprint density at radius 3 is 2.72 bits per heavy atom. The predicted octanol–water partition coefficient (Wildman–Crippen LogP) is 2.77. The van der Waals surface area contributed by atoms with Crippen molar-refractivity contribution in [1.29, 1.82) is 0 Å². The summed E-state index contributed by atoms with van der Waals surface area (Å²) in [5.74, 6) is 1.74. The first-order valence-corrected chi connectivity index (χ1v) is 9.34. The lowest BCUT2D eigenvalue weighted by molar-refractivity contribution is 0.0620. The number of aromatic nitrogens is 1. The Morgan fingerprint density at radius 1 is 1.28 bits per heavy atom. The van der Waals surface area contributed by atoms with Crippen molar-refractivity contribution < 1.29 is 14.3 Å². The second-order valence-corrected chi connectivity index (χ2v) is 7.45. The van der Waals surface area contributed by atoms with Crippen molar-refractivity contribution >= 4 is 17.2 Å². The lowest BCUT2D eigenvalue weighted by Crippen LogP contribution is -2.57. The number of carbonyl (C=O) groups is 1. The van der Waals surface area contributed by atoms with Crippen LogP contribution in [0.1, 0.15) is 22.6 Å².